The van der Waals surface area contributed by atoms with E-state index in [0.717, 1.165) is 18.4 Å². The minimum atomic E-state index is -0.135. The van der Waals surface area contributed by atoms with Gasteiger partial charge in [0.2, 0.25) is 0 Å². The van der Waals surface area contributed by atoms with E-state index in [1.165, 1.54) is 25.7 Å². The first-order chi connectivity index (χ1) is 7.14. The van der Waals surface area contributed by atoms with Crippen molar-refractivity contribution in [3.8, 4) is 0 Å². The molecule has 1 rings (SSSR count). The lowest BCUT2D eigenvalue weighted by atomic mass is 9.75. The molecule has 84 valence electrons. The minimum absolute atomic E-state index is 0.135. The molecular weight excluding hydrogens is 182 g/mol. The van der Waals surface area contributed by atoms with Gasteiger partial charge in [-0.3, -0.25) is 0 Å². The Morgan fingerprint density at radius 3 is 2.07 bits per heavy atom. The first-order valence-electron chi connectivity index (χ1n) is 5.87. The maximum Gasteiger partial charge on any atom is 0.0258 e. The van der Waals surface area contributed by atoms with Gasteiger partial charge in [0.25, 0.3) is 0 Å². The number of hydrogen-bond donors (Lipinski definition) is 1. The molecule has 0 aromatic rings. The molecule has 0 heterocycles. The molecule has 0 aromatic carbocycles. The molecule has 0 spiro atoms. The van der Waals surface area contributed by atoms with E-state index in [0.29, 0.717) is 0 Å². The topological polar surface area (TPSA) is 26.0 Å². The molecule has 0 amide bonds. The van der Waals surface area contributed by atoms with Gasteiger partial charge in [-0.15, -0.1) is 6.58 Å². The second-order valence-electron chi connectivity index (χ2n) is 4.64. The number of rotatable bonds is 4. The highest BCUT2D eigenvalue weighted by Crippen LogP contribution is 2.35. The van der Waals surface area contributed by atoms with E-state index >= 15 is 0 Å². The summed E-state index contributed by atoms with van der Waals surface area (Å²) in [6.45, 7) is 11.7. The summed E-state index contributed by atoms with van der Waals surface area (Å²) in [6, 6.07) is 0. The van der Waals surface area contributed by atoms with E-state index in [1.54, 1.807) is 0 Å². The minimum Gasteiger partial charge on any atom is -0.324 e. The third-order valence-corrected chi connectivity index (χ3v) is 3.55. The zero-order chi connectivity index (χ0) is 11.3. The lowest BCUT2D eigenvalue weighted by Crippen LogP contribution is -2.46. The van der Waals surface area contributed by atoms with Gasteiger partial charge >= 0.3 is 0 Å². The molecule has 0 aliphatic heterocycles. The Balaban J connectivity index is 2.83. The van der Waals surface area contributed by atoms with Crippen LogP contribution < -0.4 is 5.73 Å². The fraction of sp³-hybridized carbons (Fsp3) is 0.571. The van der Waals surface area contributed by atoms with Gasteiger partial charge in [-0.2, -0.15) is 0 Å². The molecule has 1 nitrogen and oxygen atoms in total. The van der Waals surface area contributed by atoms with Crippen molar-refractivity contribution in [2.45, 2.75) is 44.1 Å². The van der Waals surface area contributed by atoms with Crippen molar-refractivity contribution in [3.63, 3.8) is 0 Å². The van der Waals surface area contributed by atoms with Crippen LogP contribution in [0.25, 0.3) is 0 Å². The summed E-state index contributed by atoms with van der Waals surface area (Å²) in [5.74, 6) is 0.188. The van der Waals surface area contributed by atoms with Crippen molar-refractivity contribution < 1.29 is 0 Å². The molecule has 1 atom stereocenters. The highest BCUT2D eigenvalue weighted by Gasteiger charge is 2.33. The van der Waals surface area contributed by atoms with Gasteiger partial charge in [0.05, 0.1) is 0 Å². The van der Waals surface area contributed by atoms with Crippen LogP contribution >= 0.6 is 0 Å². The van der Waals surface area contributed by atoms with Crippen LogP contribution in [0.2, 0.25) is 0 Å². The molecule has 1 fully saturated rings. The smallest absolute Gasteiger partial charge is 0.0258 e. The highest BCUT2D eigenvalue weighted by atomic mass is 14.8. The Kier molecular flexibility index (Phi) is 4.34. The number of nitrogens with two attached hydrogens (primary N) is 1. The van der Waals surface area contributed by atoms with Crippen molar-refractivity contribution in [3.05, 3.63) is 37.5 Å². The molecule has 0 aromatic heterocycles. The summed E-state index contributed by atoms with van der Waals surface area (Å²) in [5, 5.41) is 0. The molecule has 1 heteroatoms. The summed E-state index contributed by atoms with van der Waals surface area (Å²) >= 11 is 0. The van der Waals surface area contributed by atoms with Crippen molar-refractivity contribution in [1.29, 1.82) is 0 Å². The molecule has 0 bridgehead atoms. The Hall–Kier alpha value is -0.820. The van der Waals surface area contributed by atoms with Gasteiger partial charge < -0.3 is 5.73 Å². The first kappa shape index (κ1) is 12.3. The monoisotopic (exact) mass is 205 g/mol. The van der Waals surface area contributed by atoms with E-state index < -0.39 is 0 Å². The van der Waals surface area contributed by atoms with E-state index in [-0.39, 0.29) is 11.5 Å². The summed E-state index contributed by atoms with van der Waals surface area (Å²) in [7, 11) is 0. The normalized spacial score (nSPS) is 22.5. The van der Waals surface area contributed by atoms with Crippen LogP contribution in [0, 0.1) is 5.92 Å². The molecule has 1 aliphatic carbocycles. The van der Waals surface area contributed by atoms with Gasteiger partial charge in [-0.05, 0) is 18.4 Å². The maximum atomic E-state index is 6.51. The van der Waals surface area contributed by atoms with Gasteiger partial charge in [-0.25, -0.2) is 0 Å². The van der Waals surface area contributed by atoms with Crippen molar-refractivity contribution in [1.82, 2.24) is 0 Å². The maximum absolute atomic E-state index is 6.51. The van der Waals surface area contributed by atoms with E-state index in [9.17, 15) is 0 Å². The summed E-state index contributed by atoms with van der Waals surface area (Å²) < 4.78 is 0. The third kappa shape index (κ3) is 2.82. The predicted molar refractivity (Wildman–Crippen MR) is 67.6 cm³/mol. The van der Waals surface area contributed by atoms with Crippen LogP contribution in [-0.2, 0) is 0 Å². The molecule has 0 saturated heterocycles. The van der Waals surface area contributed by atoms with Crippen LogP contribution in [-0.4, -0.2) is 5.54 Å². The Bertz CT molecular complexity index is 244. The number of hydrogen-bond acceptors (Lipinski definition) is 1. The van der Waals surface area contributed by atoms with Crippen molar-refractivity contribution in [2.24, 2.45) is 11.7 Å². The number of allylic oxidation sites excluding steroid dienone is 1. The average molecular weight is 205 g/mol. The predicted octanol–water partition coefficient (Wildman–Crippen LogP) is 3.58. The van der Waals surface area contributed by atoms with Gasteiger partial charge in [0.15, 0.2) is 0 Å². The molecule has 2 N–H and O–H groups in total. The standard InChI is InChI=1S/C14H23N/c1-4-12(3)13(5-2)14(15)10-8-6-7-9-11-14/h4-5,13H,1-3,6-11,15H2. The average Bonchev–Trinajstić information content (AvgIpc) is 2.44. The zero-order valence-electron chi connectivity index (χ0n) is 9.67. The van der Waals surface area contributed by atoms with E-state index in [2.05, 4.69) is 19.7 Å². The summed E-state index contributed by atoms with van der Waals surface area (Å²) in [6.07, 6.45) is 11.0. The van der Waals surface area contributed by atoms with Crippen LogP contribution in [0.3, 0.4) is 0 Å². The fourth-order valence-electron chi connectivity index (χ4n) is 2.58. The lowest BCUT2D eigenvalue weighted by molar-refractivity contribution is 0.313. The third-order valence-electron chi connectivity index (χ3n) is 3.55. The Morgan fingerprint density at radius 1 is 1.13 bits per heavy atom. The van der Waals surface area contributed by atoms with Crippen molar-refractivity contribution >= 4 is 0 Å². The molecule has 1 unspecified atom stereocenters. The second-order valence-corrected chi connectivity index (χ2v) is 4.64. The van der Waals surface area contributed by atoms with Crippen LogP contribution in [0.1, 0.15) is 38.5 Å². The van der Waals surface area contributed by atoms with Crippen LogP contribution in [0.4, 0.5) is 0 Å². The quantitative estimate of drug-likeness (QED) is 0.424. The van der Waals surface area contributed by atoms with Crippen LogP contribution in [0.5, 0.6) is 0 Å². The van der Waals surface area contributed by atoms with E-state index in [1.807, 2.05) is 12.2 Å². The largest absolute Gasteiger partial charge is 0.324 e. The SMILES string of the molecule is C=CC(=C)C(C=C)C1(N)CCCCCC1. The van der Waals surface area contributed by atoms with E-state index in [4.69, 9.17) is 5.73 Å². The summed E-state index contributed by atoms with van der Waals surface area (Å²) in [5.41, 5.74) is 7.38. The lowest BCUT2D eigenvalue weighted by Gasteiger charge is -2.35. The molecule has 0 radical (unpaired) electrons. The Morgan fingerprint density at radius 2 is 1.67 bits per heavy atom. The molecular formula is C14H23N. The molecule has 15 heavy (non-hydrogen) atoms. The highest BCUT2D eigenvalue weighted by molar-refractivity contribution is 5.25. The van der Waals surface area contributed by atoms with Crippen LogP contribution in [0.15, 0.2) is 37.5 Å². The Labute approximate surface area is 93.7 Å². The van der Waals surface area contributed by atoms with Crippen molar-refractivity contribution in [2.75, 3.05) is 0 Å². The molecule has 1 saturated carbocycles. The second kappa shape index (κ2) is 5.32. The summed E-state index contributed by atoms with van der Waals surface area (Å²) in [4.78, 5) is 0. The van der Waals surface area contributed by atoms with Gasteiger partial charge in [0.1, 0.15) is 0 Å². The zero-order valence-corrected chi connectivity index (χ0v) is 9.67. The molecule has 1 aliphatic rings. The first-order valence-corrected chi connectivity index (χ1v) is 5.87. The fourth-order valence-corrected chi connectivity index (χ4v) is 2.58. The van der Waals surface area contributed by atoms with Gasteiger partial charge in [-0.1, -0.05) is 51.0 Å². The van der Waals surface area contributed by atoms with Gasteiger partial charge in [0, 0.05) is 11.5 Å².